The van der Waals surface area contributed by atoms with Crippen molar-refractivity contribution < 1.29 is 14.3 Å². The predicted octanol–water partition coefficient (Wildman–Crippen LogP) is 2.25. The molecule has 5 heteroatoms. The van der Waals surface area contributed by atoms with Crippen molar-refractivity contribution in [3.8, 4) is 0 Å². The van der Waals surface area contributed by atoms with Crippen molar-refractivity contribution in [1.29, 1.82) is 0 Å². The first-order valence-corrected chi connectivity index (χ1v) is 8.33. The molecule has 1 aromatic rings. The lowest BCUT2D eigenvalue weighted by atomic mass is 10.1. The Kier molecular flexibility index (Phi) is 4.73. The standard InChI is InChI=1S/C16H21NO3S/c1-2-8-20-16-13-5-6-14(16)19-9-7-17(13)15(18)11-12-4-3-10-21-12/h2-4,10,13-14,16H,1,5-9,11H2. The van der Waals surface area contributed by atoms with Crippen LogP contribution in [0.25, 0.3) is 0 Å². The van der Waals surface area contributed by atoms with Gasteiger partial charge in [-0.05, 0) is 24.3 Å². The van der Waals surface area contributed by atoms with Crippen LogP contribution < -0.4 is 0 Å². The van der Waals surface area contributed by atoms with E-state index in [0.29, 0.717) is 26.2 Å². The molecule has 4 nitrogen and oxygen atoms in total. The highest BCUT2D eigenvalue weighted by Crippen LogP contribution is 2.32. The molecule has 0 N–H and O–H groups in total. The number of thiophene rings is 1. The first-order valence-electron chi connectivity index (χ1n) is 7.45. The summed E-state index contributed by atoms with van der Waals surface area (Å²) in [5, 5.41) is 2.01. The molecule has 0 spiro atoms. The van der Waals surface area contributed by atoms with Crippen molar-refractivity contribution in [2.45, 2.75) is 37.5 Å². The molecule has 1 saturated carbocycles. The van der Waals surface area contributed by atoms with Gasteiger partial charge in [-0.15, -0.1) is 17.9 Å². The lowest BCUT2D eigenvalue weighted by Gasteiger charge is -2.31. The summed E-state index contributed by atoms with van der Waals surface area (Å²) in [5.41, 5.74) is 0. The highest BCUT2D eigenvalue weighted by Gasteiger charge is 2.44. The molecule has 21 heavy (non-hydrogen) atoms. The van der Waals surface area contributed by atoms with Crippen LogP contribution in [0.5, 0.6) is 0 Å². The fourth-order valence-electron chi connectivity index (χ4n) is 3.26. The van der Waals surface area contributed by atoms with Crippen LogP contribution in [0.15, 0.2) is 30.2 Å². The molecule has 2 fully saturated rings. The molecule has 2 heterocycles. The van der Waals surface area contributed by atoms with Crippen LogP contribution in [0.4, 0.5) is 0 Å². The zero-order valence-electron chi connectivity index (χ0n) is 12.1. The summed E-state index contributed by atoms with van der Waals surface area (Å²) in [6.07, 6.45) is 4.26. The van der Waals surface area contributed by atoms with Gasteiger partial charge in [-0.1, -0.05) is 12.1 Å². The van der Waals surface area contributed by atoms with E-state index >= 15 is 0 Å². The molecule has 2 bridgehead atoms. The number of nitrogens with zero attached hydrogens (tertiary/aromatic N) is 1. The van der Waals surface area contributed by atoms with Gasteiger partial charge in [-0.25, -0.2) is 0 Å². The summed E-state index contributed by atoms with van der Waals surface area (Å²) in [5.74, 6) is 0.181. The summed E-state index contributed by atoms with van der Waals surface area (Å²) < 4.78 is 11.7. The SMILES string of the molecule is C=CCOC1C2CCC1N(C(=O)Cc1cccs1)CCO2. The smallest absolute Gasteiger partial charge is 0.228 e. The maximum Gasteiger partial charge on any atom is 0.228 e. The van der Waals surface area contributed by atoms with Crippen molar-refractivity contribution in [2.24, 2.45) is 0 Å². The Hall–Kier alpha value is -1.17. The number of rotatable bonds is 5. The normalized spacial score (nSPS) is 28.4. The van der Waals surface area contributed by atoms with Crippen molar-refractivity contribution in [3.05, 3.63) is 35.0 Å². The van der Waals surface area contributed by atoms with Crippen LogP contribution in [-0.4, -0.2) is 48.8 Å². The van der Waals surface area contributed by atoms with Crippen molar-refractivity contribution in [1.82, 2.24) is 4.90 Å². The van der Waals surface area contributed by atoms with Crippen LogP contribution in [0, 0.1) is 0 Å². The molecule has 1 aliphatic carbocycles. The van der Waals surface area contributed by atoms with Crippen LogP contribution >= 0.6 is 11.3 Å². The summed E-state index contributed by atoms with van der Waals surface area (Å²) >= 11 is 1.63. The minimum Gasteiger partial charge on any atom is -0.374 e. The Morgan fingerprint density at radius 1 is 1.57 bits per heavy atom. The number of carbonyl (C=O) groups excluding carboxylic acids is 1. The fraction of sp³-hybridized carbons (Fsp3) is 0.562. The molecule has 1 saturated heterocycles. The second-order valence-electron chi connectivity index (χ2n) is 5.48. The van der Waals surface area contributed by atoms with Crippen LogP contribution in [-0.2, 0) is 20.7 Å². The largest absolute Gasteiger partial charge is 0.374 e. The molecule has 0 aromatic carbocycles. The van der Waals surface area contributed by atoms with E-state index < -0.39 is 0 Å². The van der Waals surface area contributed by atoms with E-state index in [1.54, 1.807) is 17.4 Å². The summed E-state index contributed by atoms with van der Waals surface area (Å²) in [4.78, 5) is 15.7. The summed E-state index contributed by atoms with van der Waals surface area (Å²) in [7, 11) is 0. The zero-order chi connectivity index (χ0) is 14.7. The lowest BCUT2D eigenvalue weighted by molar-refractivity contribution is -0.134. The maximum absolute atomic E-state index is 12.6. The third-order valence-electron chi connectivity index (χ3n) is 4.19. The monoisotopic (exact) mass is 307 g/mol. The van der Waals surface area contributed by atoms with Gasteiger partial charge < -0.3 is 14.4 Å². The number of ether oxygens (including phenoxy) is 2. The van der Waals surface area contributed by atoms with Crippen molar-refractivity contribution in [2.75, 3.05) is 19.8 Å². The highest BCUT2D eigenvalue weighted by molar-refractivity contribution is 7.10. The van der Waals surface area contributed by atoms with E-state index in [0.717, 1.165) is 17.7 Å². The third-order valence-corrected chi connectivity index (χ3v) is 5.07. The number of fused-ring (bicyclic) bond motifs is 2. The molecule has 1 amide bonds. The van der Waals surface area contributed by atoms with Gasteiger partial charge in [0, 0.05) is 11.4 Å². The third kappa shape index (κ3) is 3.20. The summed E-state index contributed by atoms with van der Waals surface area (Å²) in [6, 6.07) is 4.14. The second-order valence-corrected chi connectivity index (χ2v) is 6.52. The van der Waals surface area contributed by atoms with E-state index in [2.05, 4.69) is 6.58 Å². The number of amides is 1. The average Bonchev–Trinajstić information content (AvgIpc) is 3.04. The number of hydrogen-bond acceptors (Lipinski definition) is 4. The van der Waals surface area contributed by atoms with E-state index in [9.17, 15) is 4.79 Å². The molecule has 0 radical (unpaired) electrons. The Balaban J connectivity index is 1.71. The second kappa shape index (κ2) is 6.73. The Bertz CT molecular complexity index is 488. The van der Waals surface area contributed by atoms with Crippen molar-refractivity contribution in [3.63, 3.8) is 0 Å². The molecule has 1 aromatic heterocycles. The molecular weight excluding hydrogens is 286 g/mol. The average molecular weight is 307 g/mol. The van der Waals surface area contributed by atoms with Gasteiger partial charge in [-0.2, -0.15) is 0 Å². The molecule has 3 atom stereocenters. The molecule has 1 aliphatic heterocycles. The first-order chi connectivity index (χ1) is 10.3. The predicted molar refractivity (Wildman–Crippen MR) is 82.4 cm³/mol. The molecule has 3 unspecified atom stereocenters. The van der Waals surface area contributed by atoms with Gasteiger partial charge in [0.15, 0.2) is 0 Å². The zero-order valence-corrected chi connectivity index (χ0v) is 12.9. The maximum atomic E-state index is 12.6. The molecule has 114 valence electrons. The quantitative estimate of drug-likeness (QED) is 0.783. The van der Waals surface area contributed by atoms with Gasteiger partial charge in [0.1, 0.15) is 6.10 Å². The molecule has 2 aliphatic rings. The van der Waals surface area contributed by atoms with Gasteiger partial charge >= 0.3 is 0 Å². The van der Waals surface area contributed by atoms with Crippen LogP contribution in [0.1, 0.15) is 17.7 Å². The summed E-state index contributed by atoms with van der Waals surface area (Å²) in [6.45, 7) is 5.47. The Morgan fingerprint density at radius 2 is 2.48 bits per heavy atom. The van der Waals surface area contributed by atoms with Crippen molar-refractivity contribution >= 4 is 17.2 Å². The Morgan fingerprint density at radius 3 is 3.24 bits per heavy atom. The van der Waals surface area contributed by atoms with Crippen LogP contribution in [0.2, 0.25) is 0 Å². The fourth-order valence-corrected chi connectivity index (χ4v) is 3.96. The minimum absolute atomic E-state index is 0.0159. The van der Waals surface area contributed by atoms with Gasteiger partial charge in [-0.3, -0.25) is 4.79 Å². The van der Waals surface area contributed by atoms with Gasteiger partial charge in [0.25, 0.3) is 0 Å². The number of hydrogen-bond donors (Lipinski definition) is 0. The van der Waals surface area contributed by atoms with E-state index in [1.165, 1.54) is 0 Å². The lowest BCUT2D eigenvalue weighted by Crippen LogP contribution is -2.47. The Labute approximate surface area is 129 Å². The van der Waals surface area contributed by atoms with E-state index in [-0.39, 0.29) is 24.2 Å². The van der Waals surface area contributed by atoms with Crippen LogP contribution in [0.3, 0.4) is 0 Å². The van der Waals surface area contributed by atoms with E-state index in [4.69, 9.17) is 9.47 Å². The topological polar surface area (TPSA) is 38.8 Å². The van der Waals surface area contributed by atoms with E-state index in [1.807, 2.05) is 22.4 Å². The van der Waals surface area contributed by atoms with Gasteiger partial charge in [0.2, 0.25) is 5.91 Å². The van der Waals surface area contributed by atoms with Gasteiger partial charge in [0.05, 0.1) is 31.8 Å². The molecular formula is C16H21NO3S. The molecule has 3 rings (SSSR count). The minimum atomic E-state index is -0.0159. The highest BCUT2D eigenvalue weighted by atomic mass is 32.1. The number of carbonyl (C=O) groups is 1. The first kappa shape index (κ1) is 14.8.